The van der Waals surface area contributed by atoms with E-state index in [0.29, 0.717) is 4.60 Å². The lowest BCUT2D eigenvalue weighted by Gasteiger charge is -2.12. The number of benzene rings is 1. The van der Waals surface area contributed by atoms with Crippen LogP contribution in [0.5, 0.6) is 0 Å². The molecule has 2 aromatic rings. The van der Waals surface area contributed by atoms with E-state index in [-0.39, 0.29) is 21.9 Å². The minimum absolute atomic E-state index is 0.0368. The molecule has 9 heteroatoms. The van der Waals surface area contributed by atoms with Crippen LogP contribution < -0.4 is 11.1 Å². The van der Waals surface area contributed by atoms with Crippen molar-refractivity contribution in [3.8, 4) is 0 Å². The van der Waals surface area contributed by atoms with Gasteiger partial charge in [0.25, 0.3) is 0 Å². The maximum absolute atomic E-state index is 12.8. The Labute approximate surface area is 128 Å². The second-order valence-corrected chi connectivity index (χ2v) is 5.42. The molecule has 2 rings (SSSR count). The third-order valence-corrected chi connectivity index (χ3v) is 3.34. The van der Waals surface area contributed by atoms with Crippen LogP contribution in [0.25, 0.3) is 0 Å². The Bertz CT molecular complexity index is 626. The number of nitrogens with zero attached hydrogens (tertiary/aromatic N) is 2. The number of nitrogens with two attached hydrogens (primary N) is 1. The van der Waals surface area contributed by atoms with E-state index < -0.39 is 11.7 Å². The summed E-state index contributed by atoms with van der Waals surface area (Å²) >= 11 is 5.99. The molecule has 20 heavy (non-hydrogen) atoms. The largest absolute Gasteiger partial charge is 0.417 e. The molecule has 4 nitrogen and oxygen atoms in total. The molecule has 1 heterocycles. The smallest absolute Gasteiger partial charge is 0.383 e. The normalized spacial score (nSPS) is 11.4. The van der Waals surface area contributed by atoms with Crippen molar-refractivity contribution in [2.75, 3.05) is 11.1 Å². The van der Waals surface area contributed by atoms with E-state index in [4.69, 9.17) is 5.73 Å². The molecular weight excluding hydrogens is 405 g/mol. The van der Waals surface area contributed by atoms with Crippen molar-refractivity contribution in [2.45, 2.75) is 6.18 Å². The van der Waals surface area contributed by atoms with Gasteiger partial charge in [-0.1, -0.05) is 15.9 Å². The van der Waals surface area contributed by atoms with Crippen molar-refractivity contribution in [2.24, 2.45) is 0 Å². The van der Waals surface area contributed by atoms with Crippen LogP contribution >= 0.6 is 31.9 Å². The molecule has 0 spiro atoms. The SMILES string of the molecule is Nc1cc(Br)nc(Nc2ccc(Br)c(C(F)(F)F)c2)n1. The number of aromatic nitrogens is 2. The first-order valence-corrected chi connectivity index (χ1v) is 6.78. The predicted molar refractivity (Wildman–Crippen MR) is 76.6 cm³/mol. The van der Waals surface area contributed by atoms with Crippen molar-refractivity contribution in [1.29, 1.82) is 0 Å². The van der Waals surface area contributed by atoms with Crippen molar-refractivity contribution in [1.82, 2.24) is 9.97 Å². The maximum atomic E-state index is 12.8. The summed E-state index contributed by atoms with van der Waals surface area (Å²) < 4.78 is 38.7. The van der Waals surface area contributed by atoms with Crippen molar-refractivity contribution < 1.29 is 13.2 Å². The van der Waals surface area contributed by atoms with Gasteiger partial charge in [-0.2, -0.15) is 18.2 Å². The summed E-state index contributed by atoms with van der Waals surface area (Å²) in [5.41, 5.74) is 4.95. The number of rotatable bonds is 2. The van der Waals surface area contributed by atoms with E-state index in [2.05, 4.69) is 47.1 Å². The van der Waals surface area contributed by atoms with E-state index >= 15 is 0 Å². The second kappa shape index (κ2) is 5.57. The highest BCUT2D eigenvalue weighted by atomic mass is 79.9. The molecule has 0 saturated heterocycles. The van der Waals surface area contributed by atoms with Crippen LogP contribution in [0, 0.1) is 0 Å². The van der Waals surface area contributed by atoms with E-state index in [1.807, 2.05) is 0 Å². The molecule has 0 unspecified atom stereocenters. The minimum atomic E-state index is -4.45. The van der Waals surface area contributed by atoms with Crippen LogP contribution in [0.1, 0.15) is 5.56 Å². The molecule has 0 aliphatic carbocycles. The Morgan fingerprint density at radius 1 is 1.10 bits per heavy atom. The number of anilines is 3. The molecule has 0 saturated carbocycles. The highest BCUT2D eigenvalue weighted by Crippen LogP contribution is 2.36. The van der Waals surface area contributed by atoms with Crippen molar-refractivity contribution >= 4 is 49.3 Å². The summed E-state index contributed by atoms with van der Waals surface area (Å²) in [5, 5.41) is 2.67. The Morgan fingerprint density at radius 2 is 1.80 bits per heavy atom. The zero-order valence-corrected chi connectivity index (χ0v) is 12.8. The predicted octanol–water partition coefficient (Wildman–Crippen LogP) is 4.35. The summed E-state index contributed by atoms with van der Waals surface area (Å²) in [6, 6.07) is 5.21. The fourth-order valence-corrected chi connectivity index (χ4v) is 2.31. The van der Waals surface area contributed by atoms with Crippen LogP contribution in [0.2, 0.25) is 0 Å². The van der Waals surface area contributed by atoms with Gasteiger partial charge in [0.1, 0.15) is 10.4 Å². The average molecular weight is 412 g/mol. The summed E-state index contributed by atoms with van der Waals surface area (Å²) in [7, 11) is 0. The van der Waals surface area contributed by atoms with Gasteiger partial charge in [0, 0.05) is 16.2 Å². The van der Waals surface area contributed by atoms with Crippen molar-refractivity contribution in [3.63, 3.8) is 0 Å². The first kappa shape index (κ1) is 15.0. The molecule has 0 fully saturated rings. The van der Waals surface area contributed by atoms with Gasteiger partial charge < -0.3 is 11.1 Å². The Kier molecular flexibility index (Phi) is 4.19. The molecule has 106 valence electrons. The summed E-state index contributed by atoms with van der Waals surface area (Å²) in [4.78, 5) is 7.84. The van der Waals surface area contributed by atoms with E-state index in [9.17, 15) is 13.2 Å². The zero-order chi connectivity index (χ0) is 14.9. The highest BCUT2D eigenvalue weighted by Gasteiger charge is 2.33. The standard InChI is InChI=1S/C11H7Br2F3N4/c12-7-2-1-5(3-6(7)11(14,15)16)18-10-19-8(13)4-9(17)20-10/h1-4H,(H3,17,18,19,20). The average Bonchev–Trinajstić information content (AvgIpc) is 2.29. The molecule has 3 N–H and O–H groups in total. The number of alkyl halides is 3. The van der Waals surface area contributed by atoms with Crippen LogP contribution in [0.15, 0.2) is 33.3 Å². The monoisotopic (exact) mass is 410 g/mol. The molecule has 0 radical (unpaired) electrons. The van der Waals surface area contributed by atoms with Crippen LogP contribution in [-0.4, -0.2) is 9.97 Å². The molecule has 0 aliphatic rings. The Hall–Kier alpha value is -1.35. The first-order valence-electron chi connectivity index (χ1n) is 5.19. The van der Waals surface area contributed by atoms with Gasteiger partial charge >= 0.3 is 6.18 Å². The number of hydrogen-bond acceptors (Lipinski definition) is 4. The Balaban J connectivity index is 2.35. The van der Waals surface area contributed by atoms with Crippen LogP contribution in [-0.2, 0) is 6.18 Å². The van der Waals surface area contributed by atoms with Gasteiger partial charge in [-0.3, -0.25) is 0 Å². The highest BCUT2D eigenvalue weighted by molar-refractivity contribution is 9.10. The maximum Gasteiger partial charge on any atom is 0.417 e. The van der Waals surface area contributed by atoms with Crippen LogP contribution in [0.4, 0.5) is 30.6 Å². The lowest BCUT2D eigenvalue weighted by atomic mass is 10.2. The second-order valence-electron chi connectivity index (χ2n) is 3.76. The fraction of sp³-hybridized carbons (Fsp3) is 0.0909. The number of halogens is 5. The zero-order valence-electron chi connectivity index (χ0n) is 9.67. The van der Waals surface area contributed by atoms with Gasteiger partial charge in [-0.05, 0) is 34.1 Å². The fourth-order valence-electron chi connectivity index (χ4n) is 1.44. The van der Waals surface area contributed by atoms with E-state index in [1.54, 1.807) is 0 Å². The minimum Gasteiger partial charge on any atom is -0.383 e. The Morgan fingerprint density at radius 3 is 2.40 bits per heavy atom. The lowest BCUT2D eigenvalue weighted by Crippen LogP contribution is -2.07. The van der Waals surface area contributed by atoms with Gasteiger partial charge in [0.15, 0.2) is 0 Å². The number of nitrogen functional groups attached to an aromatic ring is 1. The van der Waals surface area contributed by atoms with Crippen LogP contribution in [0.3, 0.4) is 0 Å². The van der Waals surface area contributed by atoms with E-state index in [0.717, 1.165) is 6.07 Å². The summed E-state index contributed by atoms with van der Waals surface area (Å²) in [5.74, 6) is 0.301. The number of nitrogens with one attached hydrogen (secondary N) is 1. The molecule has 1 aromatic carbocycles. The van der Waals surface area contributed by atoms with E-state index in [1.165, 1.54) is 18.2 Å². The molecular formula is C11H7Br2F3N4. The molecule has 0 aliphatic heterocycles. The number of hydrogen-bond donors (Lipinski definition) is 2. The van der Waals surface area contributed by atoms with Gasteiger partial charge in [0.2, 0.25) is 5.95 Å². The van der Waals surface area contributed by atoms with Crippen molar-refractivity contribution in [3.05, 3.63) is 38.9 Å². The quantitative estimate of drug-likeness (QED) is 0.721. The molecule has 1 aromatic heterocycles. The summed E-state index contributed by atoms with van der Waals surface area (Å²) in [6.07, 6.45) is -4.45. The molecule has 0 bridgehead atoms. The van der Waals surface area contributed by atoms with Gasteiger partial charge in [0.05, 0.1) is 5.56 Å². The first-order chi connectivity index (χ1) is 9.25. The van der Waals surface area contributed by atoms with Gasteiger partial charge in [-0.15, -0.1) is 0 Å². The summed E-state index contributed by atoms with van der Waals surface area (Å²) in [6.45, 7) is 0. The molecule has 0 amide bonds. The third kappa shape index (κ3) is 3.60. The lowest BCUT2D eigenvalue weighted by molar-refractivity contribution is -0.138. The molecule has 0 atom stereocenters. The topological polar surface area (TPSA) is 63.8 Å². The third-order valence-electron chi connectivity index (χ3n) is 2.24. The van der Waals surface area contributed by atoms with Gasteiger partial charge in [-0.25, -0.2) is 4.98 Å².